The first-order valence-corrected chi connectivity index (χ1v) is 10.5. The van der Waals surface area contributed by atoms with E-state index in [2.05, 4.69) is 52.0 Å². The highest BCUT2D eigenvalue weighted by Gasteiger charge is 2.22. The van der Waals surface area contributed by atoms with Gasteiger partial charge in [-0.25, -0.2) is 4.98 Å². The van der Waals surface area contributed by atoms with Crippen LogP contribution in [0.3, 0.4) is 0 Å². The second kappa shape index (κ2) is 7.48. The zero-order valence-electron chi connectivity index (χ0n) is 17.6. The summed E-state index contributed by atoms with van der Waals surface area (Å²) >= 11 is 0. The Balaban J connectivity index is 1.47. The molecule has 0 bridgehead atoms. The van der Waals surface area contributed by atoms with Crippen molar-refractivity contribution in [3.05, 3.63) is 48.7 Å². The van der Waals surface area contributed by atoms with Crippen molar-refractivity contribution < 1.29 is 0 Å². The van der Waals surface area contributed by atoms with Crippen LogP contribution in [0.15, 0.2) is 48.7 Å². The summed E-state index contributed by atoms with van der Waals surface area (Å²) in [7, 11) is 3.87. The van der Waals surface area contributed by atoms with Gasteiger partial charge in [0.2, 0.25) is 0 Å². The first kappa shape index (κ1) is 18.7. The van der Waals surface area contributed by atoms with E-state index in [-0.39, 0.29) is 0 Å². The smallest absolute Gasteiger partial charge is 0.161 e. The van der Waals surface area contributed by atoms with Crippen LogP contribution in [0.2, 0.25) is 0 Å². The maximum atomic E-state index is 4.81. The number of fused-ring (bicyclic) bond motifs is 1. The van der Waals surface area contributed by atoms with E-state index < -0.39 is 0 Å². The van der Waals surface area contributed by atoms with Crippen molar-refractivity contribution in [2.45, 2.75) is 32.2 Å². The highest BCUT2D eigenvalue weighted by atomic mass is 15.3. The van der Waals surface area contributed by atoms with Crippen molar-refractivity contribution in [3.63, 3.8) is 0 Å². The minimum absolute atomic E-state index is 0.500. The van der Waals surface area contributed by atoms with Gasteiger partial charge in [0.1, 0.15) is 11.6 Å². The van der Waals surface area contributed by atoms with Gasteiger partial charge in [-0.15, -0.1) is 0 Å². The molecule has 1 aliphatic rings. The Labute approximate surface area is 176 Å². The van der Waals surface area contributed by atoms with E-state index >= 15 is 0 Å². The first-order valence-electron chi connectivity index (χ1n) is 10.5. The van der Waals surface area contributed by atoms with Gasteiger partial charge in [-0.1, -0.05) is 37.3 Å². The summed E-state index contributed by atoms with van der Waals surface area (Å²) < 4.78 is 3.67. The topological polar surface area (TPSA) is 72.6 Å². The highest BCUT2D eigenvalue weighted by molar-refractivity contribution is 5.91. The fraction of sp³-hybridized carbons (Fsp3) is 0.348. The standard InChI is InChI=1S/C23H27N7/c1-15-9-10-17(11-15)25-20-12-21(27-23-18(20)14-24-30(23)3)26-22-13-19(28-29(22)2)16-7-5-4-6-8-16/h4-8,12-15,17H,9-11H2,1-3H3,(H2,25,26,27). The Kier molecular flexibility index (Phi) is 4.65. The van der Waals surface area contributed by atoms with Crippen molar-refractivity contribution in [1.29, 1.82) is 0 Å². The van der Waals surface area contributed by atoms with Gasteiger partial charge in [-0.2, -0.15) is 10.2 Å². The van der Waals surface area contributed by atoms with Crippen LogP contribution >= 0.6 is 0 Å². The summed E-state index contributed by atoms with van der Waals surface area (Å²) in [6.45, 7) is 2.33. The first-order chi connectivity index (χ1) is 14.6. The Bertz CT molecular complexity index is 1180. The maximum absolute atomic E-state index is 4.81. The predicted octanol–water partition coefficient (Wildman–Crippen LogP) is 4.71. The number of aryl methyl sites for hydroxylation is 2. The molecule has 30 heavy (non-hydrogen) atoms. The van der Waals surface area contributed by atoms with E-state index in [1.165, 1.54) is 19.3 Å². The summed E-state index contributed by atoms with van der Waals surface area (Å²) in [5.41, 5.74) is 3.97. The number of hydrogen-bond acceptors (Lipinski definition) is 5. The van der Waals surface area contributed by atoms with Gasteiger partial charge in [-0.3, -0.25) is 9.36 Å². The number of rotatable bonds is 5. The quantitative estimate of drug-likeness (QED) is 0.507. The van der Waals surface area contributed by atoms with Crippen molar-refractivity contribution in [2.24, 2.45) is 20.0 Å². The number of anilines is 3. The average molecular weight is 402 g/mol. The molecule has 3 aromatic heterocycles. The van der Waals surface area contributed by atoms with Crippen LogP contribution in [-0.2, 0) is 14.1 Å². The fourth-order valence-corrected chi connectivity index (χ4v) is 4.32. The molecular formula is C23H27N7. The molecule has 4 aromatic rings. The minimum Gasteiger partial charge on any atom is -0.382 e. The summed E-state index contributed by atoms with van der Waals surface area (Å²) in [5.74, 6) is 2.45. The van der Waals surface area contributed by atoms with Crippen molar-refractivity contribution in [3.8, 4) is 11.3 Å². The highest BCUT2D eigenvalue weighted by Crippen LogP contribution is 2.32. The number of nitrogens with zero attached hydrogens (tertiary/aromatic N) is 5. The minimum atomic E-state index is 0.500. The Morgan fingerprint density at radius 3 is 2.63 bits per heavy atom. The maximum Gasteiger partial charge on any atom is 0.161 e. The van der Waals surface area contributed by atoms with E-state index in [4.69, 9.17) is 4.98 Å². The van der Waals surface area contributed by atoms with E-state index in [1.54, 1.807) is 0 Å². The molecule has 0 saturated heterocycles. The summed E-state index contributed by atoms with van der Waals surface area (Å²) in [5, 5.41) is 17.3. The molecule has 1 aliphatic carbocycles. The lowest BCUT2D eigenvalue weighted by Gasteiger charge is -2.16. The van der Waals surface area contributed by atoms with Crippen LogP contribution in [0.25, 0.3) is 22.3 Å². The fourth-order valence-electron chi connectivity index (χ4n) is 4.32. The zero-order valence-corrected chi connectivity index (χ0v) is 17.6. The number of aromatic nitrogens is 5. The van der Waals surface area contributed by atoms with E-state index in [0.29, 0.717) is 6.04 Å². The lowest BCUT2D eigenvalue weighted by atomic mass is 10.1. The molecule has 7 nitrogen and oxygen atoms in total. The van der Waals surface area contributed by atoms with Gasteiger partial charge in [0.15, 0.2) is 5.65 Å². The van der Waals surface area contributed by atoms with Gasteiger partial charge in [0, 0.05) is 37.8 Å². The zero-order chi connectivity index (χ0) is 20.7. The van der Waals surface area contributed by atoms with Crippen molar-refractivity contribution in [2.75, 3.05) is 10.6 Å². The third-order valence-corrected chi connectivity index (χ3v) is 5.96. The van der Waals surface area contributed by atoms with E-state index in [0.717, 1.165) is 45.5 Å². The Morgan fingerprint density at radius 1 is 1.03 bits per heavy atom. The average Bonchev–Trinajstić information content (AvgIpc) is 3.43. The molecule has 1 saturated carbocycles. The van der Waals surface area contributed by atoms with Gasteiger partial charge in [0.25, 0.3) is 0 Å². The third kappa shape index (κ3) is 3.51. The Morgan fingerprint density at radius 2 is 1.87 bits per heavy atom. The number of nitrogens with one attached hydrogen (secondary N) is 2. The monoisotopic (exact) mass is 401 g/mol. The molecule has 0 radical (unpaired) electrons. The molecule has 5 rings (SSSR count). The molecule has 7 heteroatoms. The normalized spacial score (nSPS) is 18.8. The van der Waals surface area contributed by atoms with Gasteiger partial charge in [0.05, 0.1) is 23.0 Å². The number of benzene rings is 1. The molecule has 3 heterocycles. The van der Waals surface area contributed by atoms with Crippen LogP contribution in [0, 0.1) is 5.92 Å². The molecular weight excluding hydrogens is 374 g/mol. The summed E-state index contributed by atoms with van der Waals surface area (Å²) in [6, 6.07) is 14.8. The van der Waals surface area contributed by atoms with Crippen molar-refractivity contribution in [1.82, 2.24) is 24.5 Å². The van der Waals surface area contributed by atoms with Crippen LogP contribution in [0.4, 0.5) is 17.3 Å². The predicted molar refractivity (Wildman–Crippen MR) is 121 cm³/mol. The van der Waals surface area contributed by atoms with Gasteiger partial charge >= 0.3 is 0 Å². The van der Waals surface area contributed by atoms with Crippen molar-refractivity contribution >= 4 is 28.4 Å². The largest absolute Gasteiger partial charge is 0.382 e. The molecule has 154 valence electrons. The van der Waals surface area contributed by atoms with Gasteiger partial charge in [-0.05, 0) is 25.2 Å². The molecule has 2 atom stereocenters. The summed E-state index contributed by atoms with van der Waals surface area (Å²) in [4.78, 5) is 4.81. The Hall–Kier alpha value is -3.35. The summed E-state index contributed by atoms with van der Waals surface area (Å²) in [6.07, 6.45) is 5.58. The second-order valence-electron chi connectivity index (χ2n) is 8.35. The lowest BCUT2D eigenvalue weighted by molar-refractivity contribution is 0.603. The molecule has 2 unspecified atom stereocenters. The number of pyridine rings is 1. The molecule has 1 aromatic carbocycles. The SMILES string of the molecule is CC1CCC(Nc2cc(Nc3cc(-c4ccccc4)nn3C)nc3c2cnn3C)C1. The molecule has 0 amide bonds. The van der Waals surface area contributed by atoms with Crippen LogP contribution in [0.1, 0.15) is 26.2 Å². The molecule has 2 N–H and O–H groups in total. The van der Waals surface area contributed by atoms with Crippen LogP contribution in [-0.4, -0.2) is 30.6 Å². The lowest BCUT2D eigenvalue weighted by Crippen LogP contribution is -2.16. The molecule has 0 spiro atoms. The van der Waals surface area contributed by atoms with E-state index in [1.807, 2.05) is 47.9 Å². The van der Waals surface area contributed by atoms with Gasteiger partial charge < -0.3 is 10.6 Å². The molecule has 1 fully saturated rings. The van der Waals surface area contributed by atoms with Crippen LogP contribution in [0.5, 0.6) is 0 Å². The van der Waals surface area contributed by atoms with Crippen LogP contribution < -0.4 is 10.6 Å². The third-order valence-electron chi connectivity index (χ3n) is 5.96. The van der Waals surface area contributed by atoms with E-state index in [9.17, 15) is 0 Å². The molecule has 0 aliphatic heterocycles. The second-order valence-corrected chi connectivity index (χ2v) is 8.35. The number of hydrogen-bond donors (Lipinski definition) is 2.